The van der Waals surface area contributed by atoms with Gasteiger partial charge in [-0.3, -0.25) is 4.57 Å². The summed E-state index contributed by atoms with van der Waals surface area (Å²) >= 11 is 4.20. The number of thiol groups is 1. The van der Waals surface area contributed by atoms with E-state index in [-0.39, 0.29) is 6.16 Å². The highest BCUT2D eigenvalue weighted by atomic mass is 32.1. The van der Waals surface area contributed by atoms with Gasteiger partial charge in [0.05, 0.1) is 0 Å². The van der Waals surface area contributed by atoms with Gasteiger partial charge >= 0.3 is 7.60 Å². The van der Waals surface area contributed by atoms with E-state index in [9.17, 15) is 4.57 Å². The molecule has 0 saturated heterocycles. The maximum Gasteiger partial charge on any atom is 0.325 e. The van der Waals surface area contributed by atoms with E-state index >= 15 is 0 Å². The van der Waals surface area contributed by atoms with Crippen LogP contribution in [0, 0.1) is 0 Å². The van der Waals surface area contributed by atoms with E-state index in [1.807, 2.05) is 0 Å². The first-order valence-electron chi connectivity index (χ1n) is 10.6. The van der Waals surface area contributed by atoms with Crippen molar-refractivity contribution in [2.45, 2.75) is 117 Å². The zero-order valence-corrected chi connectivity index (χ0v) is 18.7. The highest BCUT2D eigenvalue weighted by molar-refractivity contribution is 7.80. The molecular weight excluding hydrogens is 351 g/mol. The molecule has 0 rings (SSSR count). The van der Waals surface area contributed by atoms with Crippen LogP contribution < -0.4 is 0 Å². The molecular formula is C20H45O3PS. The lowest BCUT2D eigenvalue weighted by Crippen LogP contribution is -1.88. The Morgan fingerprint density at radius 3 is 1.24 bits per heavy atom. The normalized spacial score (nSPS) is 11.2. The van der Waals surface area contributed by atoms with E-state index in [1.54, 1.807) is 0 Å². The van der Waals surface area contributed by atoms with Crippen LogP contribution >= 0.6 is 20.2 Å². The number of hydrogen-bond donors (Lipinski definition) is 3. The monoisotopic (exact) mass is 396 g/mol. The molecule has 0 aliphatic carbocycles. The molecule has 0 aliphatic rings. The highest BCUT2D eigenvalue weighted by Crippen LogP contribution is 2.35. The minimum absolute atomic E-state index is 0.0547. The van der Waals surface area contributed by atoms with E-state index in [4.69, 9.17) is 9.79 Å². The lowest BCUT2D eigenvalue weighted by molar-refractivity contribution is 0.370. The van der Waals surface area contributed by atoms with Crippen molar-refractivity contribution in [3.63, 3.8) is 0 Å². The summed E-state index contributed by atoms with van der Waals surface area (Å²) in [5, 5.41) is 0. The zero-order chi connectivity index (χ0) is 19.2. The van der Waals surface area contributed by atoms with Crippen LogP contribution in [0.1, 0.15) is 117 Å². The predicted molar refractivity (Wildman–Crippen MR) is 116 cm³/mol. The third-order valence-electron chi connectivity index (χ3n) is 4.31. The van der Waals surface area contributed by atoms with E-state index in [0.29, 0.717) is 6.42 Å². The molecule has 154 valence electrons. The van der Waals surface area contributed by atoms with Crippen molar-refractivity contribution in [3.8, 4) is 0 Å². The van der Waals surface area contributed by atoms with Gasteiger partial charge in [-0.25, -0.2) is 0 Å². The molecule has 2 N–H and O–H groups in total. The maximum atomic E-state index is 10.4. The molecule has 0 fully saturated rings. The molecule has 25 heavy (non-hydrogen) atoms. The van der Waals surface area contributed by atoms with Gasteiger partial charge < -0.3 is 9.79 Å². The summed E-state index contributed by atoms with van der Waals surface area (Å²) in [6.45, 7) is 4.42. The first-order chi connectivity index (χ1) is 12.0. The highest BCUT2D eigenvalue weighted by Gasteiger charge is 2.10. The Kier molecular flexibility index (Phi) is 25.0. The van der Waals surface area contributed by atoms with Crippen molar-refractivity contribution in [1.29, 1.82) is 0 Å². The third kappa shape index (κ3) is 32.6. The van der Waals surface area contributed by atoms with Gasteiger partial charge in [0.2, 0.25) is 0 Å². The molecule has 0 aromatic carbocycles. The third-order valence-corrected chi connectivity index (χ3v) is 5.53. The van der Waals surface area contributed by atoms with Crippen LogP contribution in [0.15, 0.2) is 0 Å². The van der Waals surface area contributed by atoms with E-state index in [1.165, 1.54) is 83.5 Å². The maximum absolute atomic E-state index is 10.4. The Bertz CT molecular complexity index is 272. The molecule has 0 spiro atoms. The van der Waals surface area contributed by atoms with Gasteiger partial charge in [-0.2, -0.15) is 12.6 Å². The van der Waals surface area contributed by atoms with Gasteiger partial charge in [0.25, 0.3) is 0 Å². The Hall–Kier alpha value is 0.500. The van der Waals surface area contributed by atoms with Gasteiger partial charge in [0, 0.05) is 6.16 Å². The SMILES string of the molecule is CCCCCCCCCCCCS.CCCCCCCCP(=O)(O)O. The van der Waals surface area contributed by atoms with Crippen LogP contribution in [0.4, 0.5) is 0 Å². The van der Waals surface area contributed by atoms with Crippen LogP contribution in [-0.2, 0) is 4.57 Å². The smallest absolute Gasteiger partial charge is 0.324 e. The van der Waals surface area contributed by atoms with Crippen molar-refractivity contribution in [3.05, 3.63) is 0 Å². The quantitative estimate of drug-likeness (QED) is 0.137. The van der Waals surface area contributed by atoms with Crippen molar-refractivity contribution >= 4 is 20.2 Å². The topological polar surface area (TPSA) is 57.5 Å². The molecule has 0 aliphatic heterocycles. The fourth-order valence-electron chi connectivity index (χ4n) is 2.70. The molecule has 0 heterocycles. The van der Waals surface area contributed by atoms with E-state index < -0.39 is 7.60 Å². The molecule has 0 saturated carbocycles. The Morgan fingerprint density at radius 2 is 0.920 bits per heavy atom. The second-order valence-corrected chi connectivity index (χ2v) is 9.29. The predicted octanol–water partition coefficient (Wildman–Crippen LogP) is 7.36. The van der Waals surface area contributed by atoms with Crippen molar-refractivity contribution in [2.75, 3.05) is 11.9 Å². The van der Waals surface area contributed by atoms with Gasteiger partial charge in [0.15, 0.2) is 0 Å². The number of hydrogen-bond acceptors (Lipinski definition) is 2. The molecule has 0 aromatic heterocycles. The van der Waals surface area contributed by atoms with Crippen LogP contribution in [0.3, 0.4) is 0 Å². The fourth-order valence-corrected chi connectivity index (χ4v) is 3.56. The fraction of sp³-hybridized carbons (Fsp3) is 1.00. The Balaban J connectivity index is 0. The van der Waals surface area contributed by atoms with Gasteiger partial charge in [-0.05, 0) is 18.6 Å². The molecule has 3 nitrogen and oxygen atoms in total. The van der Waals surface area contributed by atoms with Gasteiger partial charge in [-0.1, -0.05) is 104 Å². The lowest BCUT2D eigenvalue weighted by atomic mass is 10.1. The molecule has 0 aromatic rings. The summed E-state index contributed by atoms with van der Waals surface area (Å²) in [7, 11) is -3.72. The average Bonchev–Trinajstić information content (AvgIpc) is 2.56. The molecule has 0 radical (unpaired) electrons. The summed E-state index contributed by atoms with van der Waals surface area (Å²) in [4.78, 5) is 17.1. The summed E-state index contributed by atoms with van der Waals surface area (Å²) in [5.74, 6) is 1.07. The first-order valence-corrected chi connectivity index (χ1v) is 13.1. The molecule has 0 unspecified atom stereocenters. The average molecular weight is 397 g/mol. The Labute approximate surface area is 163 Å². The van der Waals surface area contributed by atoms with Crippen LogP contribution in [0.25, 0.3) is 0 Å². The van der Waals surface area contributed by atoms with Gasteiger partial charge in [-0.15, -0.1) is 0 Å². The lowest BCUT2D eigenvalue weighted by Gasteiger charge is -2.02. The molecule has 0 amide bonds. The van der Waals surface area contributed by atoms with Crippen molar-refractivity contribution in [2.24, 2.45) is 0 Å². The van der Waals surface area contributed by atoms with Crippen LogP contribution in [0.5, 0.6) is 0 Å². The summed E-state index contributed by atoms with van der Waals surface area (Å²) in [5.41, 5.74) is 0. The molecule has 0 bridgehead atoms. The zero-order valence-electron chi connectivity index (χ0n) is 16.9. The largest absolute Gasteiger partial charge is 0.325 e. The van der Waals surface area contributed by atoms with E-state index in [0.717, 1.165) is 18.6 Å². The number of rotatable bonds is 17. The second kappa shape index (κ2) is 22.5. The van der Waals surface area contributed by atoms with Crippen LogP contribution in [0.2, 0.25) is 0 Å². The molecule has 5 heteroatoms. The summed E-state index contributed by atoms with van der Waals surface area (Å²) in [6, 6.07) is 0. The number of unbranched alkanes of at least 4 members (excludes halogenated alkanes) is 14. The minimum Gasteiger partial charge on any atom is -0.324 e. The minimum atomic E-state index is -3.72. The molecule has 0 atom stereocenters. The van der Waals surface area contributed by atoms with Gasteiger partial charge in [0.1, 0.15) is 0 Å². The second-order valence-electron chi connectivity index (χ2n) is 7.06. The van der Waals surface area contributed by atoms with Crippen molar-refractivity contribution < 1.29 is 14.4 Å². The van der Waals surface area contributed by atoms with Crippen LogP contribution in [-0.4, -0.2) is 21.7 Å². The first kappa shape index (κ1) is 27.7. The standard InChI is InChI=1S/C12H26S.C8H19O3P/c1-2-3-4-5-6-7-8-9-10-11-12-13;1-2-3-4-5-6-7-8-12(9,10)11/h13H,2-12H2,1H3;2-8H2,1H3,(H2,9,10,11). The van der Waals surface area contributed by atoms with Crippen molar-refractivity contribution in [1.82, 2.24) is 0 Å². The summed E-state index contributed by atoms with van der Waals surface area (Å²) < 4.78 is 10.4. The summed E-state index contributed by atoms with van der Waals surface area (Å²) in [6.07, 6.45) is 20.6. The Morgan fingerprint density at radius 1 is 0.600 bits per heavy atom. The van der Waals surface area contributed by atoms with E-state index in [2.05, 4.69) is 26.5 Å².